The van der Waals surface area contributed by atoms with E-state index < -0.39 is 0 Å². The summed E-state index contributed by atoms with van der Waals surface area (Å²) in [6, 6.07) is 0. The predicted octanol–water partition coefficient (Wildman–Crippen LogP) is 7.60. The lowest BCUT2D eigenvalue weighted by atomic mass is 9.52. The van der Waals surface area contributed by atoms with Crippen LogP contribution in [-0.2, 0) is 4.79 Å². The zero-order valence-corrected chi connectivity index (χ0v) is 19.2. The first-order valence-electron chi connectivity index (χ1n) is 12.4. The van der Waals surface area contributed by atoms with Crippen molar-refractivity contribution in [1.29, 1.82) is 0 Å². The van der Waals surface area contributed by atoms with Crippen molar-refractivity contribution in [3.63, 3.8) is 0 Å². The Balaban J connectivity index is 1.47. The summed E-state index contributed by atoms with van der Waals surface area (Å²) in [5, 5.41) is 0. The summed E-state index contributed by atoms with van der Waals surface area (Å²) in [5.74, 6) is 4.95. The van der Waals surface area contributed by atoms with Crippen molar-refractivity contribution in [2.75, 3.05) is 0 Å². The largest absolute Gasteiger partial charge is 0.300 e. The lowest BCUT2D eigenvalue weighted by Gasteiger charge is -2.53. The first kappa shape index (κ1) is 20.7. The van der Waals surface area contributed by atoms with Crippen LogP contribution in [-0.4, -0.2) is 5.78 Å². The zero-order valence-electron chi connectivity index (χ0n) is 19.2. The van der Waals surface area contributed by atoms with Gasteiger partial charge in [0.25, 0.3) is 0 Å². The highest BCUT2D eigenvalue weighted by Gasteiger charge is 2.50. The molecule has 1 nitrogen and oxygen atoms in total. The van der Waals surface area contributed by atoms with E-state index in [4.69, 9.17) is 0 Å². The molecule has 0 heterocycles. The fourth-order valence-corrected chi connectivity index (χ4v) is 8.26. The fraction of sp³-hybridized carbons (Fsp3) is 0.889. The quantitative estimate of drug-likeness (QED) is 0.446. The fourth-order valence-electron chi connectivity index (χ4n) is 8.26. The van der Waals surface area contributed by atoms with E-state index in [-0.39, 0.29) is 5.41 Å². The van der Waals surface area contributed by atoms with Crippen LogP contribution < -0.4 is 0 Å². The number of hydrogen-bond acceptors (Lipinski definition) is 1. The summed E-state index contributed by atoms with van der Waals surface area (Å²) in [5.41, 5.74) is 2.50. The number of Topliss-reactive ketones (excluding diaryl/α,β-unsaturated/α-hetero) is 1. The molecule has 0 aliphatic heterocycles. The lowest BCUT2D eigenvalue weighted by Crippen LogP contribution is -2.43. The van der Waals surface area contributed by atoms with Crippen molar-refractivity contribution < 1.29 is 4.79 Å². The molecular weight excluding hydrogens is 340 g/mol. The van der Waals surface area contributed by atoms with Crippen LogP contribution in [0.4, 0.5) is 0 Å². The molecular formula is C27H44O. The molecule has 0 radical (unpaired) electrons. The number of allylic oxidation sites excluding steroid dienone is 2. The van der Waals surface area contributed by atoms with Crippen LogP contribution >= 0.6 is 0 Å². The van der Waals surface area contributed by atoms with Gasteiger partial charge in [-0.3, -0.25) is 4.79 Å². The molecule has 3 saturated carbocycles. The van der Waals surface area contributed by atoms with Crippen molar-refractivity contribution in [3.05, 3.63) is 11.6 Å². The molecule has 0 bridgehead atoms. The van der Waals surface area contributed by atoms with Gasteiger partial charge in [-0.25, -0.2) is 0 Å². The van der Waals surface area contributed by atoms with Gasteiger partial charge < -0.3 is 0 Å². The van der Waals surface area contributed by atoms with Gasteiger partial charge in [-0.15, -0.1) is 0 Å². The van der Waals surface area contributed by atoms with Crippen LogP contribution in [0.2, 0.25) is 0 Å². The van der Waals surface area contributed by atoms with E-state index in [1.165, 1.54) is 70.6 Å². The monoisotopic (exact) mass is 384 g/mol. The third-order valence-electron chi connectivity index (χ3n) is 10.3. The first-order valence-corrected chi connectivity index (χ1v) is 12.4. The second-order valence-electron chi connectivity index (χ2n) is 12.0. The van der Waals surface area contributed by atoms with Crippen molar-refractivity contribution in [2.45, 2.75) is 105 Å². The zero-order chi connectivity index (χ0) is 20.1. The van der Waals surface area contributed by atoms with Crippen molar-refractivity contribution >= 4 is 5.78 Å². The minimum absolute atomic E-state index is 0.242. The van der Waals surface area contributed by atoms with E-state index in [2.05, 4.69) is 33.8 Å². The molecule has 4 aliphatic rings. The molecule has 0 aromatic heterocycles. The van der Waals surface area contributed by atoms with E-state index in [0.717, 1.165) is 23.7 Å². The third-order valence-corrected chi connectivity index (χ3v) is 10.3. The minimum atomic E-state index is 0.242. The van der Waals surface area contributed by atoms with Crippen LogP contribution in [0, 0.1) is 46.3 Å². The first-order chi connectivity index (χ1) is 13.2. The van der Waals surface area contributed by atoms with Gasteiger partial charge in [0.2, 0.25) is 0 Å². The Morgan fingerprint density at radius 3 is 2.43 bits per heavy atom. The molecule has 0 spiro atoms. The molecule has 1 heteroatoms. The molecule has 0 aromatic rings. The van der Waals surface area contributed by atoms with Gasteiger partial charge in [-0.1, -0.05) is 58.6 Å². The Labute approximate surface area is 174 Å². The van der Waals surface area contributed by atoms with Crippen LogP contribution in [0.5, 0.6) is 0 Å². The second-order valence-corrected chi connectivity index (χ2v) is 12.0. The number of carbonyl (C=O) groups excluding carboxylic acids is 1. The lowest BCUT2D eigenvalue weighted by molar-refractivity contribution is -0.125. The molecule has 0 N–H and O–H groups in total. The Kier molecular flexibility index (Phi) is 5.60. The summed E-state index contributed by atoms with van der Waals surface area (Å²) in [6.07, 6.45) is 17.8. The Hall–Kier alpha value is -0.590. The van der Waals surface area contributed by atoms with E-state index in [9.17, 15) is 4.79 Å². The van der Waals surface area contributed by atoms with Crippen LogP contribution in [0.25, 0.3) is 0 Å². The molecule has 3 fully saturated rings. The maximum absolute atomic E-state index is 12.4. The number of ketones is 1. The average molecular weight is 385 g/mol. The maximum atomic E-state index is 12.4. The highest BCUT2D eigenvalue weighted by molar-refractivity contribution is 5.79. The van der Waals surface area contributed by atoms with Gasteiger partial charge in [-0.05, 0) is 98.7 Å². The Morgan fingerprint density at radius 2 is 1.79 bits per heavy atom. The number of carbonyl (C=O) groups is 1. The van der Waals surface area contributed by atoms with Crippen molar-refractivity contribution in [3.8, 4) is 0 Å². The van der Waals surface area contributed by atoms with E-state index >= 15 is 0 Å². The van der Waals surface area contributed by atoms with Gasteiger partial charge >= 0.3 is 0 Å². The van der Waals surface area contributed by atoms with Crippen molar-refractivity contribution in [1.82, 2.24) is 0 Å². The topological polar surface area (TPSA) is 17.1 Å². The highest BCUT2D eigenvalue weighted by atomic mass is 16.1. The molecule has 0 amide bonds. The van der Waals surface area contributed by atoms with Gasteiger partial charge in [0.15, 0.2) is 0 Å². The summed E-state index contributed by atoms with van der Waals surface area (Å²) < 4.78 is 0. The molecule has 4 rings (SSSR count). The van der Waals surface area contributed by atoms with Crippen molar-refractivity contribution in [2.24, 2.45) is 46.3 Å². The molecule has 28 heavy (non-hydrogen) atoms. The summed E-state index contributed by atoms with van der Waals surface area (Å²) in [4.78, 5) is 12.4. The number of rotatable bonds is 5. The highest BCUT2D eigenvalue weighted by Crippen LogP contribution is 2.59. The number of hydrogen-bond donors (Lipinski definition) is 0. The van der Waals surface area contributed by atoms with Gasteiger partial charge in [0, 0.05) is 5.92 Å². The Morgan fingerprint density at radius 1 is 1.04 bits per heavy atom. The minimum Gasteiger partial charge on any atom is -0.300 e. The van der Waals surface area contributed by atoms with Crippen LogP contribution in [0.3, 0.4) is 0 Å². The standard InChI is InChI=1S/C27H44O/c1-18-9-10-23-17-22(21-7-6-8-21)12-16-27(23,5)24(18)13-15-26(4)14-11-19(2)25(26)20(3)28/h10,18-19,21-22,24-25H,6-9,11-17H2,1-5H3. The number of fused-ring (bicyclic) bond motifs is 1. The summed E-state index contributed by atoms with van der Waals surface area (Å²) in [6.45, 7) is 11.7. The average Bonchev–Trinajstić information content (AvgIpc) is 2.88. The molecule has 4 aliphatic carbocycles. The molecule has 7 unspecified atom stereocenters. The van der Waals surface area contributed by atoms with E-state index in [1.54, 1.807) is 0 Å². The SMILES string of the molecule is CC(=O)C1C(C)CCC1(C)CCC1C(C)CC=C2CC(C3CCC3)CCC21C. The second kappa shape index (κ2) is 7.59. The molecule has 0 saturated heterocycles. The molecule has 7 atom stereocenters. The summed E-state index contributed by atoms with van der Waals surface area (Å²) in [7, 11) is 0. The predicted molar refractivity (Wildman–Crippen MR) is 118 cm³/mol. The van der Waals surface area contributed by atoms with E-state index in [0.29, 0.717) is 23.0 Å². The van der Waals surface area contributed by atoms with Gasteiger partial charge in [-0.2, -0.15) is 0 Å². The molecule has 158 valence electrons. The maximum Gasteiger partial charge on any atom is 0.133 e. The smallest absolute Gasteiger partial charge is 0.133 e. The van der Waals surface area contributed by atoms with Gasteiger partial charge in [0.05, 0.1) is 0 Å². The molecule has 0 aromatic carbocycles. The van der Waals surface area contributed by atoms with Gasteiger partial charge in [0.1, 0.15) is 5.78 Å². The van der Waals surface area contributed by atoms with Crippen LogP contribution in [0.15, 0.2) is 11.6 Å². The van der Waals surface area contributed by atoms with Crippen LogP contribution in [0.1, 0.15) is 105 Å². The van der Waals surface area contributed by atoms with E-state index in [1.807, 2.05) is 12.5 Å². The third kappa shape index (κ3) is 3.43. The normalized spacial score (nSPS) is 46.6. The summed E-state index contributed by atoms with van der Waals surface area (Å²) >= 11 is 0. The Bertz CT molecular complexity index is 628.